The van der Waals surface area contributed by atoms with Crippen LogP contribution in [0.4, 0.5) is 0 Å². The summed E-state index contributed by atoms with van der Waals surface area (Å²) in [6, 6.07) is 12.3. The number of hydrogen-bond donors (Lipinski definition) is 1. The van der Waals surface area contributed by atoms with E-state index in [1.807, 2.05) is 24.3 Å². The number of rotatable bonds is 1. The Bertz CT molecular complexity index is 1130. The van der Waals surface area contributed by atoms with Crippen molar-refractivity contribution in [3.05, 3.63) is 77.0 Å². The summed E-state index contributed by atoms with van der Waals surface area (Å²) in [6.07, 6.45) is 7.37. The first-order valence-corrected chi connectivity index (χ1v) is 7.42. The summed E-state index contributed by atoms with van der Waals surface area (Å²) >= 11 is 0. The summed E-state index contributed by atoms with van der Waals surface area (Å²) in [5.41, 5.74) is 5.35. The SMILES string of the molecule is O=C(O)C1=CC=C2C1=Cc1c2ccc2c1ccc1ncccc12. The Morgan fingerprint density at radius 3 is 2.65 bits per heavy atom. The van der Waals surface area contributed by atoms with Gasteiger partial charge in [-0.1, -0.05) is 30.3 Å². The lowest BCUT2D eigenvalue weighted by Gasteiger charge is -2.08. The van der Waals surface area contributed by atoms with E-state index in [0.717, 1.165) is 43.9 Å². The number of carboxylic acid groups (broad SMARTS) is 1. The minimum absolute atomic E-state index is 0.367. The van der Waals surface area contributed by atoms with Gasteiger partial charge in [0.25, 0.3) is 0 Å². The maximum Gasteiger partial charge on any atom is 0.336 e. The summed E-state index contributed by atoms with van der Waals surface area (Å²) in [6.45, 7) is 0. The zero-order valence-electron chi connectivity index (χ0n) is 12.1. The molecule has 0 atom stereocenters. The average molecular weight is 297 g/mol. The van der Waals surface area contributed by atoms with Crippen LogP contribution in [0.2, 0.25) is 0 Å². The van der Waals surface area contributed by atoms with Crippen molar-refractivity contribution in [1.82, 2.24) is 4.98 Å². The molecule has 3 nitrogen and oxygen atoms in total. The summed E-state index contributed by atoms with van der Waals surface area (Å²) < 4.78 is 0. The standard InChI is InChI=1S/C20H11NO2/c22-20(23)16-6-5-13-12-4-3-11-14(17(12)10-18(13)16)7-8-19-15(11)2-1-9-21-19/h1-10H,(H,22,23). The second kappa shape index (κ2) is 4.17. The first-order valence-electron chi connectivity index (χ1n) is 7.42. The third-order valence-electron chi connectivity index (χ3n) is 4.63. The highest BCUT2D eigenvalue weighted by molar-refractivity contribution is 6.17. The quantitative estimate of drug-likeness (QED) is 0.685. The molecule has 0 bridgehead atoms. The average Bonchev–Trinajstić information content (AvgIpc) is 3.13. The fourth-order valence-electron chi connectivity index (χ4n) is 3.59. The largest absolute Gasteiger partial charge is 0.478 e. The number of aliphatic carboxylic acids is 1. The molecule has 0 amide bonds. The maximum atomic E-state index is 11.4. The number of hydrogen-bond acceptors (Lipinski definition) is 2. The Balaban J connectivity index is 1.84. The van der Waals surface area contributed by atoms with Gasteiger partial charge in [0.1, 0.15) is 0 Å². The summed E-state index contributed by atoms with van der Waals surface area (Å²) in [4.78, 5) is 15.8. The van der Waals surface area contributed by atoms with Gasteiger partial charge in [-0.15, -0.1) is 0 Å². The van der Waals surface area contributed by atoms with Gasteiger partial charge in [-0.25, -0.2) is 4.79 Å². The van der Waals surface area contributed by atoms with E-state index in [2.05, 4.69) is 29.2 Å². The normalized spacial score (nSPS) is 15.2. The number of carbonyl (C=O) groups is 1. The lowest BCUT2D eigenvalue weighted by atomic mass is 9.96. The van der Waals surface area contributed by atoms with Crippen molar-refractivity contribution in [1.29, 1.82) is 0 Å². The predicted molar refractivity (Wildman–Crippen MR) is 90.9 cm³/mol. The van der Waals surface area contributed by atoms with E-state index in [0.29, 0.717) is 5.57 Å². The molecule has 2 aromatic carbocycles. The molecule has 0 spiro atoms. The molecular formula is C20H11NO2. The Hall–Kier alpha value is -3.20. The van der Waals surface area contributed by atoms with E-state index >= 15 is 0 Å². The van der Waals surface area contributed by atoms with Crippen LogP contribution < -0.4 is 0 Å². The van der Waals surface area contributed by atoms with Crippen molar-refractivity contribution in [2.45, 2.75) is 0 Å². The summed E-state index contributed by atoms with van der Waals surface area (Å²) in [5.74, 6) is -0.880. The molecule has 0 fully saturated rings. The molecule has 23 heavy (non-hydrogen) atoms. The van der Waals surface area contributed by atoms with Crippen LogP contribution in [0.15, 0.2) is 65.9 Å². The molecule has 3 aromatic rings. The van der Waals surface area contributed by atoms with Crippen molar-refractivity contribution in [2.24, 2.45) is 0 Å². The molecule has 108 valence electrons. The molecule has 5 rings (SSSR count). The zero-order valence-corrected chi connectivity index (χ0v) is 12.1. The predicted octanol–water partition coefficient (Wildman–Crippen LogP) is 4.19. The fourth-order valence-corrected chi connectivity index (χ4v) is 3.59. The Kier molecular flexibility index (Phi) is 2.24. The van der Waals surface area contributed by atoms with Crippen molar-refractivity contribution in [2.75, 3.05) is 0 Å². The number of carboxylic acids is 1. The van der Waals surface area contributed by atoms with E-state index in [4.69, 9.17) is 0 Å². The van der Waals surface area contributed by atoms with Crippen LogP contribution in [0.1, 0.15) is 11.1 Å². The van der Waals surface area contributed by atoms with E-state index < -0.39 is 5.97 Å². The van der Waals surface area contributed by atoms with Crippen molar-refractivity contribution < 1.29 is 9.90 Å². The van der Waals surface area contributed by atoms with Gasteiger partial charge in [-0.05, 0) is 57.3 Å². The lowest BCUT2D eigenvalue weighted by Crippen LogP contribution is -1.99. The molecule has 0 saturated carbocycles. The summed E-state index contributed by atoms with van der Waals surface area (Å²) in [5, 5.41) is 12.7. The Morgan fingerprint density at radius 1 is 0.913 bits per heavy atom. The van der Waals surface area contributed by atoms with Crippen molar-refractivity contribution >= 4 is 39.3 Å². The number of benzene rings is 2. The molecule has 1 aromatic heterocycles. The summed E-state index contributed by atoms with van der Waals surface area (Å²) in [7, 11) is 0. The highest BCUT2D eigenvalue weighted by atomic mass is 16.4. The third kappa shape index (κ3) is 1.53. The zero-order chi connectivity index (χ0) is 15.6. The monoisotopic (exact) mass is 297 g/mol. The topological polar surface area (TPSA) is 50.2 Å². The smallest absolute Gasteiger partial charge is 0.336 e. The van der Waals surface area contributed by atoms with E-state index in [9.17, 15) is 9.90 Å². The molecule has 2 aliphatic carbocycles. The highest BCUT2D eigenvalue weighted by Crippen LogP contribution is 2.45. The van der Waals surface area contributed by atoms with Crippen LogP contribution in [0, 0.1) is 0 Å². The molecule has 1 N–H and O–H groups in total. The van der Waals surface area contributed by atoms with Crippen LogP contribution in [0.5, 0.6) is 0 Å². The van der Waals surface area contributed by atoms with Gasteiger partial charge in [-0.3, -0.25) is 4.98 Å². The van der Waals surface area contributed by atoms with Crippen LogP contribution in [0.3, 0.4) is 0 Å². The first-order chi connectivity index (χ1) is 11.2. The Morgan fingerprint density at radius 2 is 1.78 bits per heavy atom. The van der Waals surface area contributed by atoms with Gasteiger partial charge >= 0.3 is 5.97 Å². The van der Waals surface area contributed by atoms with Crippen molar-refractivity contribution in [3.8, 4) is 0 Å². The van der Waals surface area contributed by atoms with E-state index in [1.54, 1.807) is 12.3 Å². The van der Waals surface area contributed by atoms with E-state index in [-0.39, 0.29) is 0 Å². The van der Waals surface area contributed by atoms with Gasteiger partial charge < -0.3 is 5.11 Å². The number of fused-ring (bicyclic) bond motifs is 7. The first kappa shape index (κ1) is 12.4. The lowest BCUT2D eigenvalue weighted by molar-refractivity contribution is -0.132. The number of pyridine rings is 1. The Labute approximate surface area is 131 Å². The van der Waals surface area contributed by atoms with Crippen LogP contribution in [-0.4, -0.2) is 16.1 Å². The van der Waals surface area contributed by atoms with Crippen LogP contribution in [0.25, 0.3) is 33.3 Å². The van der Waals surface area contributed by atoms with Crippen LogP contribution in [-0.2, 0) is 4.79 Å². The van der Waals surface area contributed by atoms with Crippen LogP contribution >= 0.6 is 0 Å². The molecule has 0 radical (unpaired) electrons. The van der Waals surface area contributed by atoms with E-state index in [1.165, 1.54) is 0 Å². The van der Waals surface area contributed by atoms with Gasteiger partial charge in [0.05, 0.1) is 11.1 Å². The minimum Gasteiger partial charge on any atom is -0.478 e. The number of nitrogens with zero attached hydrogens (tertiary/aromatic N) is 1. The molecule has 3 heteroatoms. The fraction of sp³-hybridized carbons (Fsp3) is 0. The molecule has 1 heterocycles. The van der Waals surface area contributed by atoms with Gasteiger partial charge in [0.2, 0.25) is 0 Å². The van der Waals surface area contributed by atoms with Crippen molar-refractivity contribution in [3.63, 3.8) is 0 Å². The molecule has 0 aliphatic heterocycles. The molecule has 0 saturated heterocycles. The van der Waals surface area contributed by atoms with Gasteiger partial charge in [0.15, 0.2) is 0 Å². The number of allylic oxidation sites excluding steroid dienone is 3. The molecule has 0 unspecified atom stereocenters. The second-order valence-corrected chi connectivity index (χ2v) is 5.78. The maximum absolute atomic E-state index is 11.4. The third-order valence-corrected chi connectivity index (χ3v) is 4.63. The molecule has 2 aliphatic rings. The number of aromatic nitrogens is 1. The highest BCUT2D eigenvalue weighted by Gasteiger charge is 2.28. The second-order valence-electron chi connectivity index (χ2n) is 5.78. The molecular weight excluding hydrogens is 286 g/mol. The minimum atomic E-state index is -0.880. The van der Waals surface area contributed by atoms with Gasteiger partial charge in [0, 0.05) is 11.6 Å². The van der Waals surface area contributed by atoms with Gasteiger partial charge in [-0.2, -0.15) is 0 Å².